The summed E-state index contributed by atoms with van der Waals surface area (Å²) < 4.78 is 5.96. The Hall–Kier alpha value is -1.51. The highest BCUT2D eigenvalue weighted by atomic mass is 16.5. The van der Waals surface area contributed by atoms with Gasteiger partial charge in [0.25, 0.3) is 0 Å². The first-order chi connectivity index (χ1) is 6.83. The molecule has 0 bridgehead atoms. The molecule has 1 fully saturated rings. The summed E-state index contributed by atoms with van der Waals surface area (Å²) in [4.78, 5) is 3.96. The van der Waals surface area contributed by atoms with Gasteiger partial charge in [-0.05, 0) is 31.7 Å². The first-order valence-corrected chi connectivity index (χ1v) is 4.86. The van der Waals surface area contributed by atoms with E-state index in [0.717, 1.165) is 36.5 Å². The molecule has 1 aliphatic carbocycles. The molecule has 2 aliphatic rings. The zero-order chi connectivity index (χ0) is 9.60. The van der Waals surface area contributed by atoms with Crippen LogP contribution in [0, 0.1) is 0 Å². The molecule has 14 heavy (non-hydrogen) atoms. The molecule has 3 heteroatoms. The molecule has 1 aliphatic heterocycles. The number of ether oxygens (including phenoxy) is 1. The lowest BCUT2D eigenvalue weighted by Crippen LogP contribution is -2.32. The van der Waals surface area contributed by atoms with Gasteiger partial charge in [-0.2, -0.15) is 0 Å². The molecule has 0 aromatic heterocycles. The molecule has 0 amide bonds. The lowest BCUT2D eigenvalue weighted by atomic mass is 10.2. The van der Waals surface area contributed by atoms with Crippen LogP contribution >= 0.6 is 0 Å². The number of rotatable bonds is 1. The van der Waals surface area contributed by atoms with Gasteiger partial charge in [0.05, 0.1) is 12.2 Å². The fourth-order valence-electron chi connectivity index (χ4n) is 1.82. The minimum absolute atomic E-state index is 0.0633. The summed E-state index contributed by atoms with van der Waals surface area (Å²) in [6, 6.07) is 5.90. The van der Waals surface area contributed by atoms with Gasteiger partial charge in [0.15, 0.2) is 5.75 Å². The summed E-state index contributed by atoms with van der Waals surface area (Å²) in [6.45, 7) is 4.47. The molecule has 0 saturated heterocycles. The number of aliphatic imine (C=N–C) groups is 1. The van der Waals surface area contributed by atoms with E-state index in [-0.39, 0.29) is 5.60 Å². The Labute approximate surface area is 82.8 Å². The number of para-hydroxylation sites is 1. The first-order valence-electron chi connectivity index (χ1n) is 4.86. The zero-order valence-electron chi connectivity index (χ0n) is 7.92. The van der Waals surface area contributed by atoms with E-state index in [4.69, 9.17) is 4.74 Å². The SMILES string of the molecule is C=Nc1cccc2c1OC1(CC1)CN2. The number of benzene rings is 1. The second-order valence-corrected chi connectivity index (χ2v) is 3.95. The van der Waals surface area contributed by atoms with Crippen LogP contribution in [0.15, 0.2) is 23.2 Å². The minimum atomic E-state index is 0.0633. The standard InChI is InChI=1S/C11H12N2O/c1-12-8-3-2-4-9-10(8)14-11(5-6-11)7-13-9/h2-4,13H,1,5-7H2. The van der Waals surface area contributed by atoms with Crippen molar-refractivity contribution in [3.05, 3.63) is 18.2 Å². The van der Waals surface area contributed by atoms with Gasteiger partial charge in [-0.3, -0.25) is 4.99 Å². The molecular formula is C11H12N2O. The van der Waals surface area contributed by atoms with Gasteiger partial charge in [-0.1, -0.05) is 6.07 Å². The smallest absolute Gasteiger partial charge is 0.168 e. The summed E-state index contributed by atoms with van der Waals surface area (Å²) in [5.74, 6) is 0.867. The fourth-order valence-corrected chi connectivity index (χ4v) is 1.82. The van der Waals surface area contributed by atoms with Gasteiger partial charge in [-0.25, -0.2) is 0 Å². The zero-order valence-corrected chi connectivity index (χ0v) is 7.92. The Kier molecular flexibility index (Phi) is 1.40. The van der Waals surface area contributed by atoms with E-state index in [1.807, 2.05) is 18.2 Å². The molecular weight excluding hydrogens is 176 g/mol. The summed E-state index contributed by atoms with van der Waals surface area (Å²) in [5.41, 5.74) is 1.93. The van der Waals surface area contributed by atoms with Crippen molar-refractivity contribution < 1.29 is 4.74 Å². The lowest BCUT2D eigenvalue weighted by molar-refractivity contribution is 0.185. The maximum absolute atomic E-state index is 5.96. The van der Waals surface area contributed by atoms with Crippen molar-refractivity contribution in [1.29, 1.82) is 0 Å². The van der Waals surface area contributed by atoms with Crippen LogP contribution in [0.3, 0.4) is 0 Å². The van der Waals surface area contributed by atoms with Crippen LogP contribution in [-0.4, -0.2) is 18.9 Å². The van der Waals surface area contributed by atoms with E-state index in [9.17, 15) is 0 Å². The number of fused-ring (bicyclic) bond motifs is 1. The van der Waals surface area contributed by atoms with Crippen molar-refractivity contribution in [2.24, 2.45) is 4.99 Å². The summed E-state index contributed by atoms with van der Waals surface area (Å²) in [7, 11) is 0. The molecule has 1 aromatic rings. The number of nitrogens with zero attached hydrogens (tertiary/aromatic N) is 1. The topological polar surface area (TPSA) is 33.6 Å². The van der Waals surface area contributed by atoms with Crippen molar-refractivity contribution >= 4 is 18.1 Å². The molecule has 1 saturated carbocycles. The predicted octanol–water partition coefficient (Wildman–Crippen LogP) is 2.36. The van der Waals surface area contributed by atoms with Crippen molar-refractivity contribution in [1.82, 2.24) is 0 Å². The maximum atomic E-state index is 5.96. The number of hydrogen-bond acceptors (Lipinski definition) is 3. The Balaban J connectivity index is 2.08. The summed E-state index contributed by atoms with van der Waals surface area (Å²) in [5, 5.41) is 3.38. The van der Waals surface area contributed by atoms with E-state index in [1.54, 1.807) is 0 Å². The van der Waals surface area contributed by atoms with Crippen LogP contribution in [-0.2, 0) is 0 Å². The highest BCUT2D eigenvalue weighted by Crippen LogP contribution is 2.49. The lowest BCUT2D eigenvalue weighted by Gasteiger charge is -2.28. The average molecular weight is 188 g/mol. The molecule has 3 rings (SSSR count). The second kappa shape index (κ2) is 2.50. The van der Waals surface area contributed by atoms with Gasteiger partial charge >= 0.3 is 0 Å². The average Bonchev–Trinajstić information content (AvgIpc) is 2.97. The fraction of sp³-hybridized carbons (Fsp3) is 0.364. The Bertz CT molecular complexity index is 396. The molecule has 3 nitrogen and oxygen atoms in total. The Morgan fingerprint density at radius 2 is 2.29 bits per heavy atom. The first kappa shape index (κ1) is 7.85. The molecule has 1 aromatic carbocycles. The number of nitrogens with one attached hydrogen (secondary N) is 1. The van der Waals surface area contributed by atoms with E-state index in [0.29, 0.717) is 0 Å². The largest absolute Gasteiger partial charge is 0.481 e. The quantitative estimate of drug-likeness (QED) is 0.686. The van der Waals surface area contributed by atoms with E-state index >= 15 is 0 Å². The van der Waals surface area contributed by atoms with Crippen molar-refractivity contribution in [2.45, 2.75) is 18.4 Å². The van der Waals surface area contributed by atoms with Crippen LogP contribution in [0.1, 0.15) is 12.8 Å². The summed E-state index contributed by atoms with van der Waals surface area (Å²) >= 11 is 0. The Morgan fingerprint density at radius 1 is 1.43 bits per heavy atom. The van der Waals surface area contributed by atoms with E-state index in [2.05, 4.69) is 17.0 Å². The molecule has 1 heterocycles. The maximum Gasteiger partial charge on any atom is 0.168 e. The summed E-state index contributed by atoms with van der Waals surface area (Å²) in [6.07, 6.45) is 2.29. The molecule has 0 unspecified atom stereocenters. The molecule has 0 radical (unpaired) electrons. The van der Waals surface area contributed by atoms with Crippen molar-refractivity contribution in [3.63, 3.8) is 0 Å². The van der Waals surface area contributed by atoms with Crippen LogP contribution in [0.4, 0.5) is 11.4 Å². The van der Waals surface area contributed by atoms with Crippen LogP contribution < -0.4 is 10.1 Å². The van der Waals surface area contributed by atoms with E-state index < -0.39 is 0 Å². The van der Waals surface area contributed by atoms with Gasteiger partial charge in [0.2, 0.25) is 0 Å². The third-order valence-corrected chi connectivity index (χ3v) is 2.89. The number of anilines is 1. The molecule has 0 atom stereocenters. The third kappa shape index (κ3) is 1.02. The minimum Gasteiger partial charge on any atom is -0.481 e. The van der Waals surface area contributed by atoms with Gasteiger partial charge in [0, 0.05) is 0 Å². The predicted molar refractivity (Wildman–Crippen MR) is 56.7 cm³/mol. The van der Waals surface area contributed by atoms with Crippen LogP contribution in [0.2, 0.25) is 0 Å². The van der Waals surface area contributed by atoms with Gasteiger partial charge < -0.3 is 10.1 Å². The third-order valence-electron chi connectivity index (χ3n) is 2.89. The molecule has 1 spiro atoms. The Morgan fingerprint density at radius 3 is 3.00 bits per heavy atom. The highest BCUT2D eigenvalue weighted by molar-refractivity contribution is 5.71. The normalized spacial score (nSPS) is 20.6. The molecule has 1 N–H and O–H groups in total. The van der Waals surface area contributed by atoms with Gasteiger partial charge in [0.1, 0.15) is 11.3 Å². The number of hydrogen-bond donors (Lipinski definition) is 1. The van der Waals surface area contributed by atoms with Gasteiger partial charge in [-0.15, -0.1) is 0 Å². The van der Waals surface area contributed by atoms with Crippen molar-refractivity contribution in [3.8, 4) is 5.75 Å². The van der Waals surface area contributed by atoms with Crippen LogP contribution in [0.5, 0.6) is 5.75 Å². The van der Waals surface area contributed by atoms with E-state index in [1.165, 1.54) is 0 Å². The monoisotopic (exact) mass is 188 g/mol. The van der Waals surface area contributed by atoms with Crippen LogP contribution in [0.25, 0.3) is 0 Å². The van der Waals surface area contributed by atoms with Crippen molar-refractivity contribution in [2.75, 3.05) is 11.9 Å². The molecule has 72 valence electrons. The highest BCUT2D eigenvalue weighted by Gasteiger charge is 2.48. The second-order valence-electron chi connectivity index (χ2n) is 3.95.